The molecular formula is C17H17F3N4O3. The number of carboxylic acids is 1. The van der Waals surface area contributed by atoms with E-state index >= 15 is 0 Å². The normalized spacial score (nSPS) is 20.5. The van der Waals surface area contributed by atoms with Crippen LogP contribution in [0, 0.1) is 5.92 Å². The highest BCUT2D eigenvalue weighted by molar-refractivity contribution is 5.92. The molecule has 2 heterocycles. The van der Waals surface area contributed by atoms with E-state index in [0.29, 0.717) is 19.4 Å². The van der Waals surface area contributed by atoms with Gasteiger partial charge in [0, 0.05) is 12.6 Å². The maximum absolute atomic E-state index is 13.2. The number of hydrogen-bond donors (Lipinski definition) is 1. The van der Waals surface area contributed by atoms with Crippen molar-refractivity contribution >= 4 is 11.9 Å². The van der Waals surface area contributed by atoms with Crippen LogP contribution in [0.2, 0.25) is 0 Å². The number of likely N-dealkylation sites (tertiary alicyclic amines) is 1. The Hall–Kier alpha value is -2.91. The van der Waals surface area contributed by atoms with Crippen molar-refractivity contribution < 1.29 is 27.9 Å². The maximum atomic E-state index is 13.2. The van der Waals surface area contributed by atoms with Gasteiger partial charge in [-0.05, 0) is 31.9 Å². The number of para-hydroxylation sites is 1. The number of aliphatic carboxylic acids is 1. The molecule has 1 amide bonds. The quantitative estimate of drug-likeness (QED) is 0.882. The van der Waals surface area contributed by atoms with Crippen molar-refractivity contribution in [3.63, 3.8) is 0 Å². The van der Waals surface area contributed by atoms with E-state index in [1.54, 1.807) is 6.92 Å². The van der Waals surface area contributed by atoms with Crippen LogP contribution in [0.1, 0.15) is 35.8 Å². The van der Waals surface area contributed by atoms with Gasteiger partial charge in [0.25, 0.3) is 5.91 Å². The zero-order valence-corrected chi connectivity index (χ0v) is 14.3. The summed E-state index contributed by atoms with van der Waals surface area (Å²) in [6, 6.07) is 4.30. The number of piperidine rings is 1. The summed E-state index contributed by atoms with van der Waals surface area (Å²) in [6.07, 6.45) is -2.46. The van der Waals surface area contributed by atoms with Crippen molar-refractivity contribution in [2.24, 2.45) is 5.92 Å². The number of carbonyl (C=O) groups excluding carboxylic acids is 1. The molecule has 0 unspecified atom stereocenters. The Morgan fingerprint density at radius 2 is 1.96 bits per heavy atom. The Labute approximate surface area is 152 Å². The standard InChI is InChI=1S/C17H17F3N4O3/c1-10-11(16(26)27)5-4-8-23(10)15(25)13-9-24(22-21-13)14-7-3-2-6-12(14)17(18,19)20/h2-3,6-7,9-11H,4-5,8H2,1H3,(H,26,27)/t10-,11-/m1/s1. The van der Waals surface area contributed by atoms with Crippen LogP contribution >= 0.6 is 0 Å². The van der Waals surface area contributed by atoms with Crippen LogP contribution in [0.4, 0.5) is 13.2 Å². The molecule has 1 aromatic carbocycles. The molecule has 1 fully saturated rings. The zero-order chi connectivity index (χ0) is 19.8. The van der Waals surface area contributed by atoms with Gasteiger partial charge in [0.05, 0.1) is 23.4 Å². The van der Waals surface area contributed by atoms with E-state index in [0.717, 1.165) is 16.9 Å². The van der Waals surface area contributed by atoms with Gasteiger partial charge in [-0.15, -0.1) is 5.10 Å². The first-order valence-corrected chi connectivity index (χ1v) is 8.33. The van der Waals surface area contributed by atoms with Crippen molar-refractivity contribution in [2.75, 3.05) is 6.54 Å². The molecule has 10 heteroatoms. The number of aromatic nitrogens is 3. The highest BCUT2D eigenvalue weighted by Gasteiger charge is 2.37. The summed E-state index contributed by atoms with van der Waals surface area (Å²) in [5.41, 5.74) is -1.28. The third-order valence-electron chi connectivity index (χ3n) is 4.73. The predicted molar refractivity (Wildman–Crippen MR) is 87.2 cm³/mol. The molecule has 144 valence electrons. The Morgan fingerprint density at radius 1 is 1.26 bits per heavy atom. The molecule has 0 saturated carbocycles. The monoisotopic (exact) mass is 382 g/mol. The molecule has 1 N–H and O–H groups in total. The van der Waals surface area contributed by atoms with Gasteiger partial charge < -0.3 is 10.0 Å². The van der Waals surface area contributed by atoms with E-state index in [9.17, 15) is 27.9 Å². The highest BCUT2D eigenvalue weighted by atomic mass is 19.4. The molecule has 0 aliphatic carbocycles. The average molecular weight is 382 g/mol. The average Bonchev–Trinajstić information content (AvgIpc) is 3.10. The van der Waals surface area contributed by atoms with Gasteiger partial charge in [-0.2, -0.15) is 13.2 Å². The van der Waals surface area contributed by atoms with Gasteiger partial charge in [-0.25, -0.2) is 4.68 Å². The Bertz CT molecular complexity index is 865. The van der Waals surface area contributed by atoms with Crippen LogP contribution in [-0.2, 0) is 11.0 Å². The number of rotatable bonds is 3. The van der Waals surface area contributed by atoms with Crippen molar-refractivity contribution in [1.29, 1.82) is 0 Å². The molecule has 1 saturated heterocycles. The van der Waals surface area contributed by atoms with Crippen LogP contribution in [0.3, 0.4) is 0 Å². The fourth-order valence-corrected chi connectivity index (χ4v) is 3.30. The summed E-state index contributed by atoms with van der Waals surface area (Å²) in [6.45, 7) is 2.00. The van der Waals surface area contributed by atoms with E-state index in [-0.39, 0.29) is 11.4 Å². The lowest BCUT2D eigenvalue weighted by atomic mass is 9.90. The minimum absolute atomic E-state index is 0.134. The summed E-state index contributed by atoms with van der Waals surface area (Å²) in [4.78, 5) is 25.4. The first-order valence-electron chi connectivity index (χ1n) is 8.33. The fourth-order valence-electron chi connectivity index (χ4n) is 3.30. The number of nitrogens with zero attached hydrogens (tertiary/aromatic N) is 4. The lowest BCUT2D eigenvalue weighted by Crippen LogP contribution is -2.49. The molecule has 2 aromatic rings. The number of hydrogen-bond acceptors (Lipinski definition) is 4. The highest BCUT2D eigenvalue weighted by Crippen LogP contribution is 2.33. The van der Waals surface area contributed by atoms with Gasteiger partial charge in [0.1, 0.15) is 0 Å². The molecule has 1 aromatic heterocycles. The number of halogens is 3. The van der Waals surface area contributed by atoms with Crippen molar-refractivity contribution in [3.05, 3.63) is 41.7 Å². The largest absolute Gasteiger partial charge is 0.481 e. The SMILES string of the molecule is C[C@@H]1[C@H](C(=O)O)CCCN1C(=O)c1cn(-c2ccccc2C(F)(F)F)nn1. The summed E-state index contributed by atoms with van der Waals surface area (Å²) in [7, 11) is 0. The van der Waals surface area contributed by atoms with E-state index in [2.05, 4.69) is 10.3 Å². The van der Waals surface area contributed by atoms with E-state index in [1.165, 1.54) is 23.1 Å². The molecule has 0 spiro atoms. The molecule has 7 nitrogen and oxygen atoms in total. The minimum atomic E-state index is -4.58. The van der Waals surface area contributed by atoms with Crippen LogP contribution in [0.15, 0.2) is 30.5 Å². The first-order chi connectivity index (χ1) is 12.7. The topological polar surface area (TPSA) is 88.3 Å². The maximum Gasteiger partial charge on any atom is 0.418 e. The summed E-state index contributed by atoms with van der Waals surface area (Å²) < 4.78 is 40.4. The van der Waals surface area contributed by atoms with Gasteiger partial charge >= 0.3 is 12.1 Å². The lowest BCUT2D eigenvalue weighted by molar-refractivity contribution is -0.145. The molecule has 0 radical (unpaired) electrons. The molecule has 1 aliphatic rings. The molecule has 3 rings (SSSR count). The van der Waals surface area contributed by atoms with Gasteiger partial charge in [-0.1, -0.05) is 17.3 Å². The number of benzene rings is 1. The third-order valence-corrected chi connectivity index (χ3v) is 4.73. The van der Waals surface area contributed by atoms with Crippen LogP contribution in [-0.4, -0.2) is 49.5 Å². The second-order valence-corrected chi connectivity index (χ2v) is 6.39. The van der Waals surface area contributed by atoms with E-state index in [4.69, 9.17) is 0 Å². The fraction of sp³-hybridized carbons (Fsp3) is 0.412. The number of carboxylic acid groups (broad SMARTS) is 1. The van der Waals surface area contributed by atoms with Crippen LogP contribution in [0.25, 0.3) is 5.69 Å². The van der Waals surface area contributed by atoms with Crippen LogP contribution < -0.4 is 0 Å². The molecule has 27 heavy (non-hydrogen) atoms. The lowest BCUT2D eigenvalue weighted by Gasteiger charge is -2.36. The molecule has 1 aliphatic heterocycles. The number of amides is 1. The van der Waals surface area contributed by atoms with E-state index in [1.807, 2.05) is 0 Å². The van der Waals surface area contributed by atoms with Crippen molar-refractivity contribution in [3.8, 4) is 5.69 Å². The second-order valence-electron chi connectivity index (χ2n) is 6.39. The zero-order valence-electron chi connectivity index (χ0n) is 14.3. The van der Waals surface area contributed by atoms with Gasteiger partial charge in [0.15, 0.2) is 5.69 Å². The number of alkyl halides is 3. The summed E-state index contributed by atoms with van der Waals surface area (Å²) >= 11 is 0. The van der Waals surface area contributed by atoms with Crippen LogP contribution in [0.5, 0.6) is 0 Å². The summed E-state index contributed by atoms with van der Waals surface area (Å²) in [5, 5.41) is 16.6. The Kier molecular flexibility index (Phi) is 4.90. The third kappa shape index (κ3) is 3.64. The number of carbonyl (C=O) groups is 2. The molecular weight excluding hydrogens is 365 g/mol. The van der Waals surface area contributed by atoms with Gasteiger partial charge in [0.2, 0.25) is 0 Å². The predicted octanol–water partition coefficient (Wildman–Crippen LogP) is 2.61. The van der Waals surface area contributed by atoms with E-state index < -0.39 is 35.6 Å². The molecule has 2 atom stereocenters. The minimum Gasteiger partial charge on any atom is -0.481 e. The first kappa shape index (κ1) is 18.9. The second kappa shape index (κ2) is 7.01. The van der Waals surface area contributed by atoms with Gasteiger partial charge in [-0.3, -0.25) is 9.59 Å². The summed E-state index contributed by atoms with van der Waals surface area (Å²) in [5.74, 6) is -2.23. The Morgan fingerprint density at radius 3 is 2.63 bits per heavy atom. The van der Waals surface area contributed by atoms with Crippen molar-refractivity contribution in [2.45, 2.75) is 32.0 Å². The Balaban J connectivity index is 1.89. The van der Waals surface area contributed by atoms with Crippen molar-refractivity contribution in [1.82, 2.24) is 19.9 Å². The molecule has 0 bridgehead atoms. The smallest absolute Gasteiger partial charge is 0.418 e.